The molecule has 2 heterocycles. The summed E-state index contributed by atoms with van der Waals surface area (Å²) in [5.41, 5.74) is 5.38. The fourth-order valence-corrected chi connectivity index (χ4v) is 5.58. The SMILES string of the molecule is CCCCCC(CNOCc1ccccc1)C(=O)NCNC(=O)c1ccc(-c2ccc3c(c2)S(O)(O)NC3)o1. The topological polar surface area (TPSA) is 145 Å². The van der Waals surface area contributed by atoms with Crippen LogP contribution >= 0.6 is 10.8 Å². The van der Waals surface area contributed by atoms with Gasteiger partial charge in [-0.25, -0.2) is 10.2 Å². The summed E-state index contributed by atoms with van der Waals surface area (Å²) in [6.45, 7) is 3.20. The van der Waals surface area contributed by atoms with Crippen LogP contribution in [0.2, 0.25) is 0 Å². The first-order chi connectivity index (χ1) is 18.9. The van der Waals surface area contributed by atoms with Crippen LogP contribution < -0.4 is 20.8 Å². The molecule has 4 rings (SSSR count). The van der Waals surface area contributed by atoms with Crippen molar-refractivity contribution in [2.75, 3.05) is 13.2 Å². The summed E-state index contributed by atoms with van der Waals surface area (Å²) >= 11 is 0. The number of furan rings is 1. The van der Waals surface area contributed by atoms with Gasteiger partial charge >= 0.3 is 0 Å². The minimum atomic E-state index is -3.02. The molecule has 1 unspecified atom stereocenters. The van der Waals surface area contributed by atoms with Gasteiger partial charge < -0.3 is 15.1 Å². The average molecular weight is 557 g/mol. The highest BCUT2D eigenvalue weighted by atomic mass is 32.3. The number of carbonyl (C=O) groups is 2. The summed E-state index contributed by atoms with van der Waals surface area (Å²) < 4.78 is 28.7. The number of amides is 2. The van der Waals surface area contributed by atoms with Crippen LogP contribution in [-0.2, 0) is 22.8 Å². The van der Waals surface area contributed by atoms with Gasteiger partial charge in [0.2, 0.25) is 5.91 Å². The van der Waals surface area contributed by atoms with Crippen LogP contribution in [0.25, 0.3) is 11.3 Å². The Kier molecular flexibility index (Phi) is 10.2. The van der Waals surface area contributed by atoms with Crippen molar-refractivity contribution in [1.29, 1.82) is 0 Å². The zero-order chi connectivity index (χ0) is 27.7. The van der Waals surface area contributed by atoms with Gasteiger partial charge in [0.25, 0.3) is 5.91 Å². The third kappa shape index (κ3) is 7.91. The molecule has 1 aromatic heterocycles. The molecule has 0 aliphatic carbocycles. The molecule has 1 aliphatic heterocycles. The van der Waals surface area contributed by atoms with Crippen LogP contribution in [0, 0.1) is 5.92 Å². The standard InChI is InChI=1S/C28H36N4O6S/c1-2-3-5-10-23(16-31-37-18-20-8-6-4-7-9-20)27(33)29-19-30-28(34)25-14-13-24(38-25)21-11-12-22-17-32-39(35,36)26(22)15-21/h4,6-9,11-15,23,31-32,35-36H,2-3,5,10,16-19H2,1H3,(H,29,33)(H,30,34). The Balaban J connectivity index is 1.25. The van der Waals surface area contributed by atoms with Gasteiger partial charge in [0.1, 0.15) is 5.76 Å². The average Bonchev–Trinajstić information content (AvgIpc) is 3.55. The molecule has 0 bridgehead atoms. The largest absolute Gasteiger partial charge is 0.451 e. The van der Waals surface area contributed by atoms with E-state index in [0.717, 1.165) is 30.4 Å². The van der Waals surface area contributed by atoms with Crippen LogP contribution in [0.15, 0.2) is 70.0 Å². The number of hydroxylamine groups is 1. The van der Waals surface area contributed by atoms with Crippen LogP contribution in [-0.4, -0.2) is 34.1 Å². The van der Waals surface area contributed by atoms with Gasteiger partial charge in [0, 0.05) is 18.7 Å². The Hall–Kier alpha value is -3.19. The van der Waals surface area contributed by atoms with Crippen molar-refractivity contribution in [2.45, 2.75) is 50.7 Å². The van der Waals surface area contributed by atoms with E-state index in [0.29, 0.717) is 42.3 Å². The Morgan fingerprint density at radius 3 is 2.69 bits per heavy atom. The van der Waals surface area contributed by atoms with Gasteiger partial charge in [-0.05, 0) is 35.7 Å². The van der Waals surface area contributed by atoms with E-state index < -0.39 is 16.7 Å². The molecular formula is C28H36N4O6S. The Morgan fingerprint density at radius 1 is 1.08 bits per heavy atom. The summed E-state index contributed by atoms with van der Waals surface area (Å²) in [4.78, 5) is 31.4. The zero-order valence-electron chi connectivity index (χ0n) is 21.9. The molecule has 0 fully saturated rings. The fourth-order valence-electron chi connectivity index (χ4n) is 4.27. The number of rotatable bonds is 14. The van der Waals surface area contributed by atoms with Crippen LogP contribution in [0.4, 0.5) is 0 Å². The molecule has 2 amide bonds. The molecule has 0 saturated carbocycles. The maximum absolute atomic E-state index is 12.8. The van der Waals surface area contributed by atoms with E-state index >= 15 is 0 Å². The number of carbonyl (C=O) groups excluding carboxylic acids is 2. The maximum atomic E-state index is 12.8. The number of unbranched alkanes of at least 4 members (excludes halogenated alkanes) is 2. The number of hydrogen-bond acceptors (Lipinski definition) is 8. The van der Waals surface area contributed by atoms with E-state index in [1.54, 1.807) is 24.3 Å². The van der Waals surface area contributed by atoms with E-state index in [1.807, 2.05) is 30.3 Å². The molecule has 0 spiro atoms. The number of nitrogens with one attached hydrogen (secondary N) is 4. The second-order valence-electron chi connectivity index (χ2n) is 9.40. The monoisotopic (exact) mass is 556 g/mol. The first-order valence-corrected chi connectivity index (χ1v) is 14.6. The lowest BCUT2D eigenvalue weighted by Crippen LogP contribution is -2.42. The molecule has 210 valence electrons. The van der Waals surface area contributed by atoms with Gasteiger partial charge in [-0.15, -0.1) is 10.8 Å². The van der Waals surface area contributed by atoms with E-state index in [2.05, 4.69) is 27.8 Å². The summed E-state index contributed by atoms with van der Waals surface area (Å²) in [5.74, 6) is -0.443. The lowest BCUT2D eigenvalue weighted by Gasteiger charge is -2.27. The molecule has 11 heteroatoms. The summed E-state index contributed by atoms with van der Waals surface area (Å²) in [6, 6.07) is 18.2. The van der Waals surface area contributed by atoms with Gasteiger partial charge in [-0.3, -0.25) is 23.5 Å². The number of hydrogen-bond donors (Lipinski definition) is 6. The van der Waals surface area contributed by atoms with Crippen molar-refractivity contribution < 1.29 is 27.9 Å². The van der Waals surface area contributed by atoms with Crippen molar-refractivity contribution in [1.82, 2.24) is 20.8 Å². The molecule has 2 aromatic carbocycles. The lowest BCUT2D eigenvalue weighted by molar-refractivity contribution is -0.126. The molecule has 6 N–H and O–H groups in total. The molecule has 10 nitrogen and oxygen atoms in total. The molecule has 0 radical (unpaired) electrons. The highest BCUT2D eigenvalue weighted by Gasteiger charge is 2.27. The molecule has 0 saturated heterocycles. The van der Waals surface area contributed by atoms with Crippen molar-refractivity contribution in [3.05, 3.63) is 77.6 Å². The minimum absolute atomic E-state index is 0.0474. The Labute approximate surface area is 230 Å². The first-order valence-electron chi connectivity index (χ1n) is 13.1. The molecule has 39 heavy (non-hydrogen) atoms. The summed E-state index contributed by atoms with van der Waals surface area (Å²) in [6.07, 6.45) is 3.71. The third-order valence-corrected chi connectivity index (χ3v) is 8.04. The Bertz CT molecular complexity index is 1250. The smallest absolute Gasteiger partial charge is 0.288 e. The fraction of sp³-hybridized carbons (Fsp3) is 0.357. The van der Waals surface area contributed by atoms with E-state index in [9.17, 15) is 18.7 Å². The molecule has 1 aliphatic rings. The molecule has 1 atom stereocenters. The first kappa shape index (κ1) is 28.8. The second kappa shape index (κ2) is 13.7. The van der Waals surface area contributed by atoms with Crippen molar-refractivity contribution in [3.8, 4) is 11.3 Å². The van der Waals surface area contributed by atoms with Crippen LogP contribution in [0.1, 0.15) is 54.3 Å². The highest BCUT2D eigenvalue weighted by Crippen LogP contribution is 2.51. The lowest BCUT2D eigenvalue weighted by atomic mass is 10.0. The van der Waals surface area contributed by atoms with Gasteiger partial charge in [-0.2, -0.15) is 0 Å². The van der Waals surface area contributed by atoms with Crippen molar-refractivity contribution in [3.63, 3.8) is 0 Å². The summed E-state index contributed by atoms with van der Waals surface area (Å²) in [5, 5.41) is 5.43. The van der Waals surface area contributed by atoms with E-state index in [1.165, 1.54) is 6.07 Å². The van der Waals surface area contributed by atoms with E-state index in [4.69, 9.17) is 9.25 Å². The third-order valence-electron chi connectivity index (χ3n) is 6.50. The predicted octanol–water partition coefficient (Wildman–Crippen LogP) is 4.80. The quantitative estimate of drug-likeness (QED) is 0.0944. The second-order valence-corrected chi connectivity index (χ2v) is 11.2. The highest BCUT2D eigenvalue weighted by molar-refractivity contribution is 8.22. The molecular weight excluding hydrogens is 520 g/mol. The van der Waals surface area contributed by atoms with Crippen LogP contribution in [0.3, 0.4) is 0 Å². The zero-order valence-corrected chi connectivity index (χ0v) is 22.8. The minimum Gasteiger partial charge on any atom is -0.451 e. The van der Waals surface area contributed by atoms with Gasteiger partial charge in [0.05, 0.1) is 24.1 Å². The van der Waals surface area contributed by atoms with Crippen LogP contribution in [0.5, 0.6) is 0 Å². The normalized spacial score (nSPS) is 15.4. The van der Waals surface area contributed by atoms with Crippen molar-refractivity contribution in [2.24, 2.45) is 5.92 Å². The number of fused-ring (bicyclic) bond motifs is 1. The number of benzene rings is 2. The van der Waals surface area contributed by atoms with Gasteiger partial charge in [0.15, 0.2) is 5.76 Å². The summed E-state index contributed by atoms with van der Waals surface area (Å²) in [7, 11) is -3.02. The van der Waals surface area contributed by atoms with E-state index in [-0.39, 0.29) is 24.3 Å². The van der Waals surface area contributed by atoms with Crippen molar-refractivity contribution >= 4 is 22.6 Å². The Morgan fingerprint density at radius 2 is 1.90 bits per heavy atom. The molecule has 3 aromatic rings. The van der Waals surface area contributed by atoms with Gasteiger partial charge in [-0.1, -0.05) is 68.7 Å². The maximum Gasteiger partial charge on any atom is 0.288 e. The predicted molar refractivity (Wildman–Crippen MR) is 149 cm³/mol.